The highest BCUT2D eigenvalue weighted by atomic mass is 19.4. The van der Waals surface area contributed by atoms with Crippen molar-refractivity contribution in [1.29, 1.82) is 0 Å². The summed E-state index contributed by atoms with van der Waals surface area (Å²) in [6, 6.07) is 11.8. The number of alkyl halides is 3. The van der Waals surface area contributed by atoms with Crippen molar-refractivity contribution in [2.75, 3.05) is 0 Å². The first-order valence-electron chi connectivity index (χ1n) is 10.1. The molecule has 0 radical (unpaired) electrons. The number of carbonyl (C=O) groups excluding carboxylic acids is 1. The summed E-state index contributed by atoms with van der Waals surface area (Å²) in [6.45, 7) is 0.344. The number of aromatic nitrogens is 2. The van der Waals surface area contributed by atoms with Crippen LogP contribution >= 0.6 is 0 Å². The smallest absolute Gasteiger partial charge is 0.475 e. The third-order valence-corrected chi connectivity index (χ3v) is 4.60. The second-order valence-electron chi connectivity index (χ2n) is 7.28. The molecular weight excluding hydrogens is 505 g/mol. The second-order valence-corrected chi connectivity index (χ2v) is 7.28. The molecule has 0 aliphatic heterocycles. The van der Waals surface area contributed by atoms with Crippen LogP contribution in [0.1, 0.15) is 11.3 Å². The predicted octanol–water partition coefficient (Wildman–Crippen LogP) is 2.51. The monoisotopic (exact) mass is 524 g/mol. The van der Waals surface area contributed by atoms with Gasteiger partial charge in [0.05, 0.1) is 34.0 Å². The third kappa shape index (κ3) is 8.39. The molecule has 1 aromatic heterocycles. The molecule has 3 rings (SSSR count). The molecule has 0 spiro atoms. The number of carboxylic acid groups (broad SMARTS) is 1. The van der Waals surface area contributed by atoms with Crippen molar-refractivity contribution in [2.24, 2.45) is 5.73 Å². The Kier molecular flexibility index (Phi) is 9.36. The number of hydrogen-bond acceptors (Lipinski definition) is 8. The zero-order chi connectivity index (χ0) is 27.8. The molecule has 4 N–H and O–H groups in total. The maximum Gasteiger partial charge on any atom is 0.490 e. The average Bonchev–Trinajstić information content (AvgIpc) is 3.30. The molecule has 0 saturated heterocycles. The fourth-order valence-corrected chi connectivity index (χ4v) is 2.82. The molecule has 0 bridgehead atoms. The highest BCUT2D eigenvalue weighted by Gasteiger charge is 2.38. The van der Waals surface area contributed by atoms with E-state index in [1.165, 1.54) is 29.2 Å². The van der Waals surface area contributed by atoms with Crippen LogP contribution in [-0.2, 0) is 22.6 Å². The number of hydrogen-bond donors (Lipinski definition) is 3. The molecular formula is C21H19F3N6O7. The Bertz CT molecular complexity index is 1280. The van der Waals surface area contributed by atoms with Gasteiger partial charge in [0.1, 0.15) is 5.69 Å². The molecule has 0 unspecified atom stereocenters. The Hall–Kier alpha value is -4.86. The van der Waals surface area contributed by atoms with Crippen molar-refractivity contribution < 1.29 is 37.7 Å². The van der Waals surface area contributed by atoms with Gasteiger partial charge in [0.2, 0.25) is 5.91 Å². The van der Waals surface area contributed by atoms with Gasteiger partial charge in [0.15, 0.2) is 0 Å². The summed E-state index contributed by atoms with van der Waals surface area (Å²) >= 11 is 0. The van der Waals surface area contributed by atoms with Crippen LogP contribution in [0.5, 0.6) is 0 Å². The van der Waals surface area contributed by atoms with Crippen LogP contribution in [0, 0.1) is 20.2 Å². The Balaban J connectivity index is 0.000000604. The molecule has 0 fully saturated rings. The molecule has 196 valence electrons. The van der Waals surface area contributed by atoms with Crippen LogP contribution in [0.25, 0.3) is 5.69 Å². The number of carboxylic acids is 1. The highest BCUT2D eigenvalue weighted by Crippen LogP contribution is 2.28. The van der Waals surface area contributed by atoms with Gasteiger partial charge in [0.25, 0.3) is 11.4 Å². The lowest BCUT2D eigenvalue weighted by Crippen LogP contribution is -2.41. The van der Waals surface area contributed by atoms with Crippen molar-refractivity contribution in [1.82, 2.24) is 14.9 Å². The van der Waals surface area contributed by atoms with E-state index < -0.39 is 33.7 Å². The zero-order valence-corrected chi connectivity index (χ0v) is 18.7. The number of aliphatic carboxylic acids is 1. The summed E-state index contributed by atoms with van der Waals surface area (Å²) in [7, 11) is 0. The molecule has 13 nitrogen and oxygen atoms in total. The van der Waals surface area contributed by atoms with E-state index >= 15 is 0 Å². The number of nitrogens with two attached hydrogens (primary N) is 1. The predicted molar refractivity (Wildman–Crippen MR) is 121 cm³/mol. The second kappa shape index (κ2) is 12.2. The summed E-state index contributed by atoms with van der Waals surface area (Å²) in [6.07, 6.45) is -2.13. The van der Waals surface area contributed by atoms with Crippen molar-refractivity contribution in [2.45, 2.75) is 25.2 Å². The van der Waals surface area contributed by atoms with E-state index in [0.29, 0.717) is 12.2 Å². The molecule has 1 amide bonds. The average molecular weight is 524 g/mol. The van der Waals surface area contributed by atoms with Gasteiger partial charge in [-0.15, -0.1) is 0 Å². The van der Waals surface area contributed by atoms with Gasteiger partial charge in [-0.05, 0) is 11.6 Å². The zero-order valence-electron chi connectivity index (χ0n) is 18.7. The van der Waals surface area contributed by atoms with Gasteiger partial charge in [0, 0.05) is 25.2 Å². The Morgan fingerprint density at radius 1 is 1.11 bits per heavy atom. The number of carbonyl (C=O) groups is 2. The van der Waals surface area contributed by atoms with Crippen molar-refractivity contribution >= 4 is 23.3 Å². The number of rotatable bonds is 8. The Morgan fingerprint density at radius 3 is 2.27 bits per heavy atom. The Morgan fingerprint density at radius 2 is 1.73 bits per heavy atom. The van der Waals surface area contributed by atoms with Crippen LogP contribution in [0.4, 0.5) is 24.5 Å². The van der Waals surface area contributed by atoms with Crippen LogP contribution in [0.3, 0.4) is 0 Å². The fourth-order valence-electron chi connectivity index (χ4n) is 2.82. The first-order chi connectivity index (χ1) is 17.3. The quantitative estimate of drug-likeness (QED) is 0.293. The third-order valence-electron chi connectivity index (χ3n) is 4.60. The first kappa shape index (κ1) is 28.4. The molecule has 2 aromatic carbocycles. The highest BCUT2D eigenvalue weighted by molar-refractivity contribution is 5.81. The van der Waals surface area contributed by atoms with E-state index in [1.54, 1.807) is 0 Å². The molecule has 37 heavy (non-hydrogen) atoms. The van der Waals surface area contributed by atoms with Gasteiger partial charge in [-0.25, -0.2) is 9.78 Å². The molecule has 1 atom stereocenters. The summed E-state index contributed by atoms with van der Waals surface area (Å²) in [5, 5.41) is 32.0. The SMILES string of the molecule is N[C@@H](Cc1cn(-c2ccc([N+](=O)[O-])cc2[N+](=O)[O-])cn1)C(=O)NCc1ccccc1.O=C(O)C(F)(F)F. The van der Waals surface area contributed by atoms with Gasteiger partial charge in [-0.1, -0.05) is 30.3 Å². The van der Waals surface area contributed by atoms with Crippen LogP contribution < -0.4 is 11.1 Å². The van der Waals surface area contributed by atoms with Gasteiger partial charge in [-0.3, -0.25) is 29.6 Å². The lowest BCUT2D eigenvalue weighted by Gasteiger charge is -2.11. The number of non-ortho nitro benzene ring substituents is 1. The van der Waals surface area contributed by atoms with Gasteiger partial charge >= 0.3 is 12.1 Å². The number of imidazole rings is 1. The number of nitro groups is 2. The van der Waals surface area contributed by atoms with Crippen molar-refractivity contribution in [3.8, 4) is 5.69 Å². The van der Waals surface area contributed by atoms with E-state index in [0.717, 1.165) is 11.6 Å². The molecule has 16 heteroatoms. The maximum absolute atomic E-state index is 12.2. The fraction of sp³-hybridized carbons (Fsp3) is 0.190. The molecule has 0 saturated carbocycles. The van der Waals surface area contributed by atoms with Crippen LogP contribution in [0.2, 0.25) is 0 Å². The van der Waals surface area contributed by atoms with E-state index in [1.807, 2.05) is 30.3 Å². The molecule has 0 aliphatic carbocycles. The first-order valence-corrected chi connectivity index (χ1v) is 10.1. The summed E-state index contributed by atoms with van der Waals surface area (Å²) in [5.41, 5.74) is 6.63. The van der Waals surface area contributed by atoms with E-state index in [-0.39, 0.29) is 23.7 Å². The lowest BCUT2D eigenvalue weighted by molar-refractivity contribution is -0.394. The number of benzene rings is 2. The standard InChI is InChI=1S/C19H18N6O5.C2HF3O2/c20-16(19(26)21-10-13-4-2-1-3-5-13)8-14-11-23(12-22-14)17-7-6-15(24(27)28)9-18(17)25(29)30;3-2(4,5)1(6)7/h1-7,9,11-12,16H,8,10,20H2,(H,21,26);(H,6,7)/t16-;/m0./s1. The van der Waals surface area contributed by atoms with Crippen LogP contribution in [-0.4, -0.2) is 48.6 Å². The van der Waals surface area contributed by atoms with Gasteiger partial charge < -0.3 is 16.2 Å². The van der Waals surface area contributed by atoms with E-state index in [9.17, 15) is 38.2 Å². The summed E-state index contributed by atoms with van der Waals surface area (Å²) < 4.78 is 33.1. The van der Waals surface area contributed by atoms with Gasteiger partial charge in [-0.2, -0.15) is 13.2 Å². The largest absolute Gasteiger partial charge is 0.490 e. The number of halogens is 3. The number of nitrogens with zero attached hydrogens (tertiary/aromatic N) is 4. The summed E-state index contributed by atoms with van der Waals surface area (Å²) in [4.78, 5) is 46.0. The van der Waals surface area contributed by atoms with Crippen molar-refractivity contribution in [3.63, 3.8) is 0 Å². The van der Waals surface area contributed by atoms with Crippen molar-refractivity contribution in [3.05, 3.63) is 92.5 Å². The number of nitrogens with one attached hydrogen (secondary N) is 1. The normalized spacial score (nSPS) is 11.6. The van der Waals surface area contributed by atoms with Crippen LogP contribution in [0.15, 0.2) is 61.1 Å². The molecule has 1 heterocycles. The Labute approximate surface area is 205 Å². The molecule has 3 aromatic rings. The topological polar surface area (TPSA) is 197 Å². The lowest BCUT2D eigenvalue weighted by atomic mass is 10.1. The number of nitro benzene ring substituents is 2. The minimum atomic E-state index is -5.08. The minimum Gasteiger partial charge on any atom is -0.475 e. The van der Waals surface area contributed by atoms with E-state index in [2.05, 4.69) is 10.3 Å². The molecule has 0 aliphatic rings. The number of amides is 1. The minimum absolute atomic E-state index is 0.117. The van der Waals surface area contributed by atoms with E-state index in [4.69, 9.17) is 15.6 Å². The summed E-state index contributed by atoms with van der Waals surface area (Å²) in [5.74, 6) is -3.11. The maximum atomic E-state index is 12.2.